The maximum absolute atomic E-state index is 13.7. The van der Waals surface area contributed by atoms with E-state index in [1.165, 1.54) is 12.4 Å². The molecule has 186 valence electrons. The minimum Gasteiger partial charge on any atom is -0.436 e. The SMILES string of the molecule is CN1CCC[C@@](O)(c2ccc3oc(-c4cnc(C(F)F)c5cnc(NC(=O)C6CC6)cc45)nc3c2)C1. The average molecular weight is 494 g/mol. The topological polar surface area (TPSA) is 104 Å². The molecular formula is C26H25F2N5O3. The quantitative estimate of drug-likeness (QED) is 0.417. The molecule has 1 saturated carbocycles. The number of pyridine rings is 2. The highest BCUT2D eigenvalue weighted by Crippen LogP contribution is 2.37. The van der Waals surface area contributed by atoms with Crippen LogP contribution in [-0.2, 0) is 10.4 Å². The highest BCUT2D eigenvalue weighted by Gasteiger charge is 2.34. The number of aliphatic hydroxyl groups is 1. The number of likely N-dealkylation sites (tertiary alicyclic amines) is 1. The van der Waals surface area contributed by atoms with Crippen molar-refractivity contribution in [3.8, 4) is 11.5 Å². The first-order chi connectivity index (χ1) is 17.3. The fourth-order valence-corrected chi connectivity index (χ4v) is 4.96. The Hall–Kier alpha value is -3.50. The molecule has 1 saturated heterocycles. The van der Waals surface area contributed by atoms with Crippen LogP contribution in [0.25, 0.3) is 33.3 Å². The Bertz CT molecular complexity index is 1490. The van der Waals surface area contributed by atoms with Gasteiger partial charge in [-0.05, 0) is 63.0 Å². The zero-order valence-electron chi connectivity index (χ0n) is 19.7. The number of nitrogens with zero attached hydrogens (tertiary/aromatic N) is 4. The van der Waals surface area contributed by atoms with Crippen LogP contribution >= 0.6 is 0 Å². The molecule has 0 radical (unpaired) electrons. The Kier molecular flexibility index (Phi) is 5.45. The van der Waals surface area contributed by atoms with Crippen molar-refractivity contribution in [3.05, 3.63) is 47.9 Å². The van der Waals surface area contributed by atoms with Gasteiger partial charge in [0.05, 0.1) is 5.56 Å². The van der Waals surface area contributed by atoms with Crippen LogP contribution in [0.2, 0.25) is 0 Å². The van der Waals surface area contributed by atoms with Crippen molar-refractivity contribution in [3.63, 3.8) is 0 Å². The molecule has 8 nitrogen and oxygen atoms in total. The number of carbonyl (C=O) groups excluding carboxylic acids is 1. The van der Waals surface area contributed by atoms with Crippen molar-refractivity contribution in [2.75, 3.05) is 25.5 Å². The van der Waals surface area contributed by atoms with Gasteiger partial charge in [-0.3, -0.25) is 9.78 Å². The minimum absolute atomic E-state index is 0.0268. The molecule has 1 aliphatic heterocycles. The van der Waals surface area contributed by atoms with Gasteiger partial charge in [0, 0.05) is 35.6 Å². The van der Waals surface area contributed by atoms with Crippen molar-refractivity contribution in [2.45, 2.75) is 37.7 Å². The molecule has 1 aliphatic carbocycles. The number of carbonyl (C=O) groups is 1. The lowest BCUT2D eigenvalue weighted by atomic mass is 9.86. The summed E-state index contributed by atoms with van der Waals surface area (Å²) in [4.78, 5) is 27.1. The van der Waals surface area contributed by atoms with Crippen LogP contribution in [0.4, 0.5) is 14.6 Å². The Labute approximate surface area is 205 Å². The number of likely N-dealkylation sites (N-methyl/N-ethyl adjacent to an activating group) is 1. The fraction of sp³-hybridized carbons (Fsp3) is 0.385. The number of β-amino-alcohol motifs (C(OH)–C–C–N with tert-alkyl or cyclic N) is 1. The number of benzene rings is 1. The Morgan fingerprint density at radius 3 is 2.81 bits per heavy atom. The van der Waals surface area contributed by atoms with Crippen molar-refractivity contribution < 1.29 is 23.1 Å². The third kappa shape index (κ3) is 4.10. The summed E-state index contributed by atoms with van der Waals surface area (Å²) in [6.07, 6.45) is 3.02. The van der Waals surface area contributed by atoms with Crippen molar-refractivity contribution >= 4 is 33.6 Å². The second-order valence-corrected chi connectivity index (χ2v) is 9.81. The number of nitrogens with one attached hydrogen (secondary N) is 1. The third-order valence-electron chi connectivity index (χ3n) is 7.03. The number of anilines is 1. The molecule has 2 N–H and O–H groups in total. The molecule has 10 heteroatoms. The summed E-state index contributed by atoms with van der Waals surface area (Å²) < 4.78 is 33.4. The lowest BCUT2D eigenvalue weighted by Crippen LogP contribution is -2.44. The fourth-order valence-electron chi connectivity index (χ4n) is 4.96. The molecule has 36 heavy (non-hydrogen) atoms. The van der Waals surface area contributed by atoms with Crippen LogP contribution in [0.5, 0.6) is 0 Å². The number of halogens is 2. The van der Waals surface area contributed by atoms with Crippen molar-refractivity contribution in [1.82, 2.24) is 19.9 Å². The van der Waals surface area contributed by atoms with Gasteiger partial charge in [-0.15, -0.1) is 0 Å². The number of hydrogen-bond donors (Lipinski definition) is 2. The van der Waals surface area contributed by atoms with Gasteiger partial charge >= 0.3 is 0 Å². The molecule has 1 atom stereocenters. The molecule has 0 spiro atoms. The van der Waals surface area contributed by atoms with Gasteiger partial charge in [0.1, 0.15) is 22.6 Å². The Morgan fingerprint density at radius 1 is 1.22 bits per heavy atom. The van der Waals surface area contributed by atoms with E-state index in [4.69, 9.17) is 4.42 Å². The van der Waals surface area contributed by atoms with Crippen LogP contribution < -0.4 is 5.32 Å². The summed E-state index contributed by atoms with van der Waals surface area (Å²) in [6, 6.07) is 6.97. The van der Waals surface area contributed by atoms with E-state index in [9.17, 15) is 18.7 Å². The second kappa shape index (κ2) is 8.56. The molecule has 3 aromatic heterocycles. The predicted octanol–water partition coefficient (Wildman–Crippen LogP) is 4.64. The molecule has 0 bridgehead atoms. The number of rotatable bonds is 5. The van der Waals surface area contributed by atoms with Crippen molar-refractivity contribution in [2.24, 2.45) is 5.92 Å². The number of hydrogen-bond acceptors (Lipinski definition) is 7. The maximum Gasteiger partial charge on any atom is 0.281 e. The minimum atomic E-state index is -2.80. The number of aromatic nitrogens is 3. The van der Waals surface area contributed by atoms with Crippen molar-refractivity contribution in [1.29, 1.82) is 0 Å². The first kappa shape index (κ1) is 22.9. The van der Waals surface area contributed by atoms with E-state index in [1.54, 1.807) is 12.1 Å². The summed E-state index contributed by atoms with van der Waals surface area (Å²) in [5.41, 5.74) is 0.839. The highest BCUT2D eigenvalue weighted by atomic mass is 19.3. The van der Waals surface area contributed by atoms with Crippen LogP contribution in [0.3, 0.4) is 0 Å². The summed E-state index contributed by atoms with van der Waals surface area (Å²) >= 11 is 0. The standard InChI is InChI=1S/C26H25F2N5O3/c1-33-8-2-7-26(35,13-33)15-5-6-20-19(9-15)31-25(36-20)18-12-30-22(23(27)28)17-11-29-21(10-16(17)18)32-24(34)14-3-4-14/h5-6,9-12,14,23,35H,2-4,7-8,13H2,1H3,(H,29,32,34)/t26-/m0/s1. The normalized spacial score (nSPS) is 20.9. The van der Waals surface area contributed by atoms with E-state index in [1.807, 2.05) is 19.2 Å². The summed E-state index contributed by atoms with van der Waals surface area (Å²) in [7, 11) is 1.98. The van der Waals surface area contributed by atoms with Gasteiger partial charge in [0.15, 0.2) is 5.58 Å². The van der Waals surface area contributed by atoms with Gasteiger partial charge < -0.3 is 19.7 Å². The Balaban J connectivity index is 1.43. The van der Waals surface area contributed by atoms with E-state index in [-0.39, 0.29) is 28.9 Å². The van der Waals surface area contributed by atoms with E-state index < -0.39 is 17.7 Å². The van der Waals surface area contributed by atoms with Crippen LogP contribution in [0, 0.1) is 5.92 Å². The van der Waals surface area contributed by atoms with Gasteiger partial charge in [-0.25, -0.2) is 18.7 Å². The monoisotopic (exact) mass is 493 g/mol. The van der Waals surface area contributed by atoms with E-state index in [0.717, 1.165) is 31.4 Å². The second-order valence-electron chi connectivity index (χ2n) is 9.81. The van der Waals surface area contributed by atoms with Gasteiger partial charge in [-0.2, -0.15) is 0 Å². The lowest BCUT2D eigenvalue weighted by molar-refractivity contribution is -0.117. The first-order valence-electron chi connectivity index (χ1n) is 12.0. The van der Waals surface area contributed by atoms with Gasteiger partial charge in [0.25, 0.3) is 6.43 Å². The summed E-state index contributed by atoms with van der Waals surface area (Å²) in [5.74, 6) is 0.321. The summed E-state index contributed by atoms with van der Waals surface area (Å²) in [5, 5.41) is 14.6. The molecular weight excluding hydrogens is 468 g/mol. The highest BCUT2D eigenvalue weighted by molar-refractivity contribution is 6.00. The Morgan fingerprint density at radius 2 is 2.06 bits per heavy atom. The number of amides is 1. The number of piperidine rings is 1. The number of fused-ring (bicyclic) bond motifs is 2. The van der Waals surface area contributed by atoms with Gasteiger partial charge in [-0.1, -0.05) is 6.07 Å². The zero-order valence-corrected chi connectivity index (χ0v) is 19.7. The molecule has 1 amide bonds. The molecule has 4 aromatic rings. The molecule has 2 fully saturated rings. The first-order valence-corrected chi connectivity index (χ1v) is 12.0. The van der Waals surface area contributed by atoms with Crippen LogP contribution in [-0.4, -0.2) is 51.0 Å². The summed E-state index contributed by atoms with van der Waals surface area (Å²) in [6.45, 7) is 1.46. The number of alkyl halides is 2. The van der Waals surface area contributed by atoms with Crippen LogP contribution in [0.1, 0.15) is 43.4 Å². The smallest absolute Gasteiger partial charge is 0.281 e. The largest absolute Gasteiger partial charge is 0.436 e. The zero-order chi connectivity index (χ0) is 25.0. The van der Waals surface area contributed by atoms with E-state index in [0.29, 0.717) is 35.0 Å². The molecule has 2 aliphatic rings. The van der Waals surface area contributed by atoms with E-state index >= 15 is 0 Å². The molecule has 1 aromatic carbocycles. The molecule has 4 heterocycles. The van der Waals surface area contributed by atoms with E-state index in [2.05, 4.69) is 25.2 Å². The predicted molar refractivity (Wildman–Crippen MR) is 129 cm³/mol. The average Bonchev–Trinajstić information content (AvgIpc) is 3.62. The van der Waals surface area contributed by atoms with Gasteiger partial charge in [0.2, 0.25) is 11.8 Å². The number of oxazole rings is 1. The third-order valence-corrected chi connectivity index (χ3v) is 7.03. The molecule has 0 unspecified atom stereocenters. The van der Waals surface area contributed by atoms with Crippen LogP contribution in [0.15, 0.2) is 41.1 Å². The lowest BCUT2D eigenvalue weighted by Gasteiger charge is -2.37. The maximum atomic E-state index is 13.7. The molecule has 6 rings (SSSR count).